The fraction of sp³-hybridized carbons (Fsp3) is 0.455. The Morgan fingerprint density at radius 1 is 1.44 bits per heavy atom. The fourth-order valence-electron chi connectivity index (χ4n) is 1.32. The van der Waals surface area contributed by atoms with Crippen LogP contribution in [-0.4, -0.2) is 21.0 Å². The molecular weight excluding hydrogens is 295 g/mol. The Morgan fingerprint density at radius 3 is 2.61 bits per heavy atom. The van der Waals surface area contributed by atoms with Crippen molar-refractivity contribution in [3.8, 4) is 0 Å². The van der Waals surface area contributed by atoms with Crippen LogP contribution in [0.15, 0.2) is 23.1 Å². The molecule has 0 radical (unpaired) electrons. The van der Waals surface area contributed by atoms with Crippen molar-refractivity contribution in [1.29, 1.82) is 0 Å². The molecule has 3 N–H and O–H groups in total. The molecule has 0 aliphatic carbocycles. The molecule has 4 nitrogen and oxygen atoms in total. The van der Waals surface area contributed by atoms with Gasteiger partial charge in [0.1, 0.15) is 4.90 Å². The lowest BCUT2D eigenvalue weighted by atomic mass is 10.2. The van der Waals surface area contributed by atoms with Gasteiger partial charge in [-0.25, -0.2) is 13.1 Å². The minimum atomic E-state index is -3.55. The molecule has 0 aromatic heterocycles. The number of halogens is 2. The van der Waals surface area contributed by atoms with Crippen molar-refractivity contribution < 1.29 is 8.42 Å². The van der Waals surface area contributed by atoms with E-state index in [1.807, 2.05) is 13.8 Å². The molecule has 0 amide bonds. The van der Waals surface area contributed by atoms with Gasteiger partial charge in [0.05, 0.1) is 5.02 Å². The van der Waals surface area contributed by atoms with Crippen LogP contribution in [0.4, 0.5) is 0 Å². The van der Waals surface area contributed by atoms with Crippen molar-refractivity contribution in [2.24, 2.45) is 5.73 Å². The molecule has 0 saturated carbocycles. The highest BCUT2D eigenvalue weighted by Crippen LogP contribution is 2.22. The maximum Gasteiger partial charge on any atom is 0.242 e. The molecule has 1 unspecified atom stereocenters. The smallest absolute Gasteiger partial charge is 0.242 e. The van der Waals surface area contributed by atoms with Gasteiger partial charge in [-0.3, -0.25) is 0 Å². The molecule has 1 aromatic rings. The van der Waals surface area contributed by atoms with Crippen molar-refractivity contribution in [2.75, 3.05) is 6.54 Å². The Kier molecular flexibility index (Phi) is 7.17. The summed E-state index contributed by atoms with van der Waals surface area (Å²) < 4.78 is 26.4. The lowest BCUT2D eigenvalue weighted by molar-refractivity contribution is 0.572. The largest absolute Gasteiger partial charge is 0.328 e. The first-order valence-corrected chi connectivity index (χ1v) is 7.20. The Balaban J connectivity index is 0.00000289. The molecule has 1 aromatic carbocycles. The fourth-order valence-corrected chi connectivity index (χ4v) is 2.95. The monoisotopic (exact) mass is 312 g/mol. The molecule has 7 heteroatoms. The molecule has 1 rings (SSSR count). The lowest BCUT2D eigenvalue weighted by Crippen LogP contribution is -2.29. The second kappa shape index (κ2) is 7.31. The van der Waals surface area contributed by atoms with E-state index >= 15 is 0 Å². The SMILES string of the molecule is Cc1ccc(Cl)c(S(=O)(=O)NCCC(C)N)c1.Cl. The summed E-state index contributed by atoms with van der Waals surface area (Å²) in [7, 11) is -3.55. The third-order valence-electron chi connectivity index (χ3n) is 2.27. The number of benzene rings is 1. The zero-order chi connectivity index (χ0) is 13.1. The summed E-state index contributed by atoms with van der Waals surface area (Å²) in [5.74, 6) is 0. The minimum Gasteiger partial charge on any atom is -0.328 e. The van der Waals surface area contributed by atoms with Gasteiger partial charge in [0.25, 0.3) is 0 Å². The Hall–Kier alpha value is -0.330. The minimum absolute atomic E-state index is 0. The van der Waals surface area contributed by atoms with E-state index in [1.165, 1.54) is 0 Å². The molecule has 0 aliphatic rings. The number of rotatable bonds is 5. The van der Waals surface area contributed by atoms with Gasteiger partial charge in [-0.2, -0.15) is 0 Å². The van der Waals surface area contributed by atoms with E-state index in [-0.39, 0.29) is 28.4 Å². The molecule has 1 atom stereocenters. The van der Waals surface area contributed by atoms with E-state index in [2.05, 4.69) is 4.72 Å². The Bertz CT molecular complexity index is 490. The molecule has 0 spiro atoms. The normalized spacial score (nSPS) is 12.9. The van der Waals surface area contributed by atoms with E-state index in [0.717, 1.165) is 5.56 Å². The van der Waals surface area contributed by atoms with Crippen molar-refractivity contribution in [3.05, 3.63) is 28.8 Å². The zero-order valence-corrected chi connectivity index (χ0v) is 12.7. The van der Waals surface area contributed by atoms with Crippen molar-refractivity contribution >= 4 is 34.0 Å². The van der Waals surface area contributed by atoms with Crippen LogP contribution in [0.3, 0.4) is 0 Å². The van der Waals surface area contributed by atoms with Gasteiger partial charge >= 0.3 is 0 Å². The predicted molar refractivity (Wildman–Crippen MR) is 76.9 cm³/mol. The number of aryl methyl sites for hydroxylation is 1. The van der Waals surface area contributed by atoms with Crippen LogP contribution >= 0.6 is 24.0 Å². The lowest BCUT2D eigenvalue weighted by Gasteiger charge is -2.10. The van der Waals surface area contributed by atoms with E-state index in [4.69, 9.17) is 17.3 Å². The summed E-state index contributed by atoms with van der Waals surface area (Å²) in [6.45, 7) is 3.95. The van der Waals surface area contributed by atoms with Crippen LogP contribution in [0.2, 0.25) is 5.02 Å². The first-order chi connectivity index (χ1) is 7.83. The third kappa shape index (κ3) is 5.12. The highest BCUT2D eigenvalue weighted by atomic mass is 35.5. The van der Waals surface area contributed by atoms with Gasteiger partial charge in [0.2, 0.25) is 10.0 Å². The second-order valence-corrected chi connectivity index (χ2v) is 6.24. The van der Waals surface area contributed by atoms with Crippen LogP contribution in [0.25, 0.3) is 0 Å². The van der Waals surface area contributed by atoms with Gasteiger partial charge < -0.3 is 5.73 Å². The standard InChI is InChI=1S/C11H17ClN2O2S.ClH/c1-8-3-4-10(12)11(7-8)17(15,16)14-6-5-9(2)13;/h3-4,7,9,14H,5-6,13H2,1-2H3;1H. The van der Waals surface area contributed by atoms with Crippen molar-refractivity contribution in [1.82, 2.24) is 4.72 Å². The molecule has 0 bridgehead atoms. The summed E-state index contributed by atoms with van der Waals surface area (Å²) in [6, 6.07) is 4.86. The number of hydrogen-bond acceptors (Lipinski definition) is 3. The molecular formula is C11H18Cl2N2O2S. The maximum absolute atomic E-state index is 12.0. The summed E-state index contributed by atoms with van der Waals surface area (Å²) in [4.78, 5) is 0.115. The summed E-state index contributed by atoms with van der Waals surface area (Å²) >= 11 is 5.88. The number of nitrogens with two attached hydrogens (primary N) is 1. The predicted octanol–water partition coefficient (Wildman–Crippen LogP) is 2.09. The highest BCUT2D eigenvalue weighted by molar-refractivity contribution is 7.89. The highest BCUT2D eigenvalue weighted by Gasteiger charge is 2.17. The topological polar surface area (TPSA) is 72.2 Å². The molecule has 0 aliphatic heterocycles. The van der Waals surface area contributed by atoms with Gasteiger partial charge in [0.15, 0.2) is 0 Å². The third-order valence-corrected chi connectivity index (χ3v) is 4.21. The summed E-state index contributed by atoms with van der Waals surface area (Å²) in [5.41, 5.74) is 6.40. The van der Waals surface area contributed by atoms with Crippen molar-refractivity contribution in [3.63, 3.8) is 0 Å². The average molecular weight is 313 g/mol. The first kappa shape index (κ1) is 17.7. The van der Waals surface area contributed by atoms with E-state index in [0.29, 0.717) is 13.0 Å². The number of hydrogen-bond donors (Lipinski definition) is 2. The molecule has 0 saturated heterocycles. The van der Waals surface area contributed by atoms with Crippen LogP contribution in [0.1, 0.15) is 18.9 Å². The van der Waals surface area contributed by atoms with Crippen LogP contribution < -0.4 is 10.5 Å². The molecule has 0 heterocycles. The molecule has 104 valence electrons. The van der Waals surface area contributed by atoms with E-state index in [1.54, 1.807) is 18.2 Å². The van der Waals surface area contributed by atoms with Gasteiger partial charge in [-0.15, -0.1) is 12.4 Å². The Morgan fingerprint density at radius 2 is 2.06 bits per heavy atom. The Labute approximate surface area is 119 Å². The maximum atomic E-state index is 12.0. The summed E-state index contributed by atoms with van der Waals surface area (Å²) in [6.07, 6.45) is 0.586. The van der Waals surface area contributed by atoms with Crippen LogP contribution in [0.5, 0.6) is 0 Å². The van der Waals surface area contributed by atoms with Gasteiger partial charge in [-0.05, 0) is 38.0 Å². The quantitative estimate of drug-likeness (QED) is 0.874. The second-order valence-electron chi connectivity index (χ2n) is 4.10. The number of nitrogens with one attached hydrogen (secondary N) is 1. The average Bonchev–Trinajstić information content (AvgIpc) is 2.20. The molecule has 0 fully saturated rings. The van der Waals surface area contributed by atoms with Crippen LogP contribution in [-0.2, 0) is 10.0 Å². The van der Waals surface area contributed by atoms with Crippen LogP contribution in [0, 0.1) is 6.92 Å². The van der Waals surface area contributed by atoms with Crippen molar-refractivity contribution in [2.45, 2.75) is 31.2 Å². The van der Waals surface area contributed by atoms with Gasteiger partial charge in [0, 0.05) is 12.6 Å². The summed E-state index contributed by atoms with van der Waals surface area (Å²) in [5, 5.41) is 0.226. The van der Waals surface area contributed by atoms with E-state index < -0.39 is 10.0 Å². The first-order valence-electron chi connectivity index (χ1n) is 5.34. The van der Waals surface area contributed by atoms with Gasteiger partial charge in [-0.1, -0.05) is 17.7 Å². The number of sulfonamides is 1. The zero-order valence-electron chi connectivity index (χ0n) is 10.3. The molecule has 18 heavy (non-hydrogen) atoms. The van der Waals surface area contributed by atoms with E-state index in [9.17, 15) is 8.42 Å².